The number of rotatable bonds is 3. The lowest BCUT2D eigenvalue weighted by atomic mass is 10.2. The van der Waals surface area contributed by atoms with Crippen LogP contribution in [0.3, 0.4) is 0 Å². The minimum Gasteiger partial charge on any atom is -0.423 e. The molecule has 0 fully saturated rings. The van der Waals surface area contributed by atoms with E-state index in [0.717, 1.165) is 5.69 Å². The molecule has 7 heteroatoms. The zero-order valence-electron chi connectivity index (χ0n) is 10.7. The fraction of sp³-hybridized carbons (Fsp3) is 0. The number of esters is 1. The van der Waals surface area contributed by atoms with Gasteiger partial charge in [0.05, 0.1) is 11.3 Å². The first-order chi connectivity index (χ1) is 10.2. The van der Waals surface area contributed by atoms with Crippen LogP contribution < -0.4 is 4.74 Å². The summed E-state index contributed by atoms with van der Waals surface area (Å²) >= 11 is 3.32. The van der Waals surface area contributed by atoms with Gasteiger partial charge in [-0.15, -0.1) is 5.10 Å². The predicted octanol–water partition coefficient (Wildman–Crippen LogP) is 2.64. The number of aromatic nitrogens is 4. The third kappa shape index (κ3) is 2.97. The van der Waals surface area contributed by atoms with Crippen molar-refractivity contribution in [3.8, 4) is 11.4 Å². The fourth-order valence-electron chi connectivity index (χ4n) is 1.74. The van der Waals surface area contributed by atoms with E-state index in [9.17, 15) is 4.79 Å². The van der Waals surface area contributed by atoms with E-state index in [1.807, 2.05) is 6.07 Å². The summed E-state index contributed by atoms with van der Waals surface area (Å²) in [6.07, 6.45) is 1.49. The molecule has 0 saturated heterocycles. The van der Waals surface area contributed by atoms with Crippen LogP contribution >= 0.6 is 15.9 Å². The monoisotopic (exact) mass is 344 g/mol. The standard InChI is InChI=1S/C14H9BrN4O2/c15-13-4-2-1-3-12(13)14(20)21-11-7-5-10(6-8-11)19-9-16-17-18-19/h1-9H. The molecule has 2 aromatic carbocycles. The molecule has 0 aliphatic carbocycles. The molecule has 0 radical (unpaired) electrons. The van der Waals surface area contributed by atoms with Crippen molar-refractivity contribution in [1.82, 2.24) is 20.2 Å². The van der Waals surface area contributed by atoms with Crippen molar-refractivity contribution in [3.05, 3.63) is 64.9 Å². The Morgan fingerprint density at radius 2 is 1.86 bits per heavy atom. The van der Waals surface area contributed by atoms with Crippen molar-refractivity contribution in [2.45, 2.75) is 0 Å². The van der Waals surface area contributed by atoms with Crippen LogP contribution in [0.5, 0.6) is 5.75 Å². The van der Waals surface area contributed by atoms with Gasteiger partial charge in [0.15, 0.2) is 0 Å². The Hall–Kier alpha value is -2.54. The maximum Gasteiger partial charge on any atom is 0.344 e. The Labute approximate surface area is 128 Å². The molecular formula is C14H9BrN4O2. The minimum atomic E-state index is -0.419. The molecule has 0 aliphatic rings. The Bertz CT molecular complexity index is 757. The summed E-state index contributed by atoms with van der Waals surface area (Å²) in [6, 6.07) is 14.0. The highest BCUT2D eigenvalue weighted by Crippen LogP contribution is 2.20. The van der Waals surface area contributed by atoms with Crippen molar-refractivity contribution in [3.63, 3.8) is 0 Å². The molecule has 1 heterocycles. The van der Waals surface area contributed by atoms with Gasteiger partial charge in [-0.05, 0) is 62.8 Å². The molecule has 0 bridgehead atoms. The first-order valence-electron chi connectivity index (χ1n) is 6.04. The largest absolute Gasteiger partial charge is 0.423 e. The zero-order valence-corrected chi connectivity index (χ0v) is 12.3. The van der Waals surface area contributed by atoms with Crippen LogP contribution in [0.2, 0.25) is 0 Å². The van der Waals surface area contributed by atoms with Crippen molar-refractivity contribution in [2.75, 3.05) is 0 Å². The summed E-state index contributed by atoms with van der Waals surface area (Å²) in [5.74, 6) is 0.0326. The summed E-state index contributed by atoms with van der Waals surface area (Å²) in [5, 5.41) is 10.9. The number of benzene rings is 2. The van der Waals surface area contributed by atoms with Gasteiger partial charge in [-0.2, -0.15) is 0 Å². The highest BCUT2D eigenvalue weighted by atomic mass is 79.9. The molecule has 0 aliphatic heterocycles. The molecule has 0 unspecified atom stereocenters. The summed E-state index contributed by atoms with van der Waals surface area (Å²) in [4.78, 5) is 12.1. The Balaban J connectivity index is 1.77. The average Bonchev–Trinajstić information content (AvgIpc) is 3.02. The van der Waals surface area contributed by atoms with E-state index in [4.69, 9.17) is 4.74 Å². The Morgan fingerprint density at radius 3 is 2.52 bits per heavy atom. The quantitative estimate of drug-likeness (QED) is 0.539. The molecule has 1 aromatic heterocycles. The first kappa shape index (κ1) is 13.4. The van der Waals surface area contributed by atoms with Crippen LogP contribution in [-0.4, -0.2) is 26.2 Å². The van der Waals surface area contributed by atoms with E-state index >= 15 is 0 Å². The zero-order chi connectivity index (χ0) is 14.7. The first-order valence-corrected chi connectivity index (χ1v) is 6.83. The van der Waals surface area contributed by atoms with Gasteiger partial charge in [-0.25, -0.2) is 9.48 Å². The molecule has 104 valence electrons. The second-order valence-corrected chi connectivity index (χ2v) is 4.97. The van der Waals surface area contributed by atoms with Gasteiger partial charge in [-0.3, -0.25) is 0 Å². The summed E-state index contributed by atoms with van der Waals surface area (Å²) < 4.78 is 7.53. The second-order valence-electron chi connectivity index (χ2n) is 4.12. The van der Waals surface area contributed by atoms with Crippen LogP contribution in [0, 0.1) is 0 Å². The van der Waals surface area contributed by atoms with Gasteiger partial charge < -0.3 is 4.74 Å². The normalized spacial score (nSPS) is 10.3. The molecule has 3 aromatic rings. The van der Waals surface area contributed by atoms with Crippen LogP contribution in [-0.2, 0) is 0 Å². The summed E-state index contributed by atoms with van der Waals surface area (Å²) in [7, 11) is 0. The van der Waals surface area contributed by atoms with E-state index in [1.54, 1.807) is 42.5 Å². The van der Waals surface area contributed by atoms with Crippen LogP contribution in [0.25, 0.3) is 5.69 Å². The van der Waals surface area contributed by atoms with Crippen LogP contribution in [0.1, 0.15) is 10.4 Å². The summed E-state index contributed by atoms with van der Waals surface area (Å²) in [5.41, 5.74) is 1.25. The molecule has 21 heavy (non-hydrogen) atoms. The Morgan fingerprint density at radius 1 is 1.10 bits per heavy atom. The van der Waals surface area contributed by atoms with Gasteiger partial charge in [-0.1, -0.05) is 12.1 Å². The molecule has 0 amide bonds. The van der Waals surface area contributed by atoms with Gasteiger partial charge >= 0.3 is 5.97 Å². The van der Waals surface area contributed by atoms with Crippen molar-refractivity contribution >= 4 is 21.9 Å². The SMILES string of the molecule is O=C(Oc1ccc(-n2cnnn2)cc1)c1ccccc1Br. The van der Waals surface area contributed by atoms with Gasteiger partial charge in [0.1, 0.15) is 12.1 Å². The topological polar surface area (TPSA) is 69.9 Å². The van der Waals surface area contributed by atoms with Gasteiger partial charge in [0.25, 0.3) is 0 Å². The van der Waals surface area contributed by atoms with E-state index in [-0.39, 0.29) is 0 Å². The maximum absolute atomic E-state index is 12.1. The highest BCUT2D eigenvalue weighted by molar-refractivity contribution is 9.10. The third-order valence-corrected chi connectivity index (χ3v) is 3.45. The van der Waals surface area contributed by atoms with Gasteiger partial charge in [0, 0.05) is 4.47 Å². The van der Waals surface area contributed by atoms with E-state index in [1.165, 1.54) is 11.0 Å². The number of hydrogen-bond donors (Lipinski definition) is 0. The van der Waals surface area contributed by atoms with E-state index in [2.05, 4.69) is 31.5 Å². The van der Waals surface area contributed by atoms with Crippen molar-refractivity contribution < 1.29 is 9.53 Å². The van der Waals surface area contributed by atoms with Crippen molar-refractivity contribution in [1.29, 1.82) is 0 Å². The number of nitrogens with zero attached hydrogens (tertiary/aromatic N) is 4. The molecule has 3 rings (SSSR count). The van der Waals surface area contributed by atoms with E-state index in [0.29, 0.717) is 15.8 Å². The van der Waals surface area contributed by atoms with E-state index < -0.39 is 5.97 Å². The number of carbonyl (C=O) groups excluding carboxylic acids is 1. The number of hydrogen-bond acceptors (Lipinski definition) is 5. The molecule has 6 nitrogen and oxygen atoms in total. The van der Waals surface area contributed by atoms with Crippen LogP contribution in [0.15, 0.2) is 59.3 Å². The third-order valence-electron chi connectivity index (χ3n) is 2.75. The second kappa shape index (κ2) is 5.84. The lowest BCUT2D eigenvalue weighted by molar-refractivity contribution is 0.0734. The number of ether oxygens (including phenoxy) is 1. The number of halogens is 1. The summed E-state index contributed by atoms with van der Waals surface area (Å²) in [6.45, 7) is 0. The molecule has 0 atom stereocenters. The lowest BCUT2D eigenvalue weighted by Crippen LogP contribution is -2.09. The maximum atomic E-state index is 12.1. The van der Waals surface area contributed by atoms with Crippen LogP contribution in [0.4, 0.5) is 0 Å². The van der Waals surface area contributed by atoms with Crippen molar-refractivity contribution in [2.24, 2.45) is 0 Å². The molecule has 0 saturated carbocycles. The lowest BCUT2D eigenvalue weighted by Gasteiger charge is -2.06. The highest BCUT2D eigenvalue weighted by Gasteiger charge is 2.11. The Kier molecular flexibility index (Phi) is 3.74. The molecule has 0 spiro atoms. The smallest absolute Gasteiger partial charge is 0.344 e. The average molecular weight is 345 g/mol. The minimum absolute atomic E-state index is 0.419. The van der Waals surface area contributed by atoms with Gasteiger partial charge in [0.2, 0.25) is 0 Å². The molecule has 0 N–H and O–H groups in total. The number of carbonyl (C=O) groups is 1. The molecular weight excluding hydrogens is 336 g/mol. The fourth-order valence-corrected chi connectivity index (χ4v) is 2.18. The number of tetrazole rings is 1. The predicted molar refractivity (Wildman–Crippen MR) is 78.3 cm³/mol.